The number of aliphatic hydroxyl groups is 3. The molecule has 4 aliphatic rings. The second-order valence-corrected chi connectivity index (χ2v) is 9.10. The third-order valence-corrected chi connectivity index (χ3v) is 6.43. The molecule has 3 aliphatic heterocycles. The van der Waals surface area contributed by atoms with Crippen molar-refractivity contribution in [1.29, 1.82) is 0 Å². The zero-order chi connectivity index (χ0) is 18.9. The minimum atomic E-state index is -1.26. The number of fused-ring (bicyclic) bond motifs is 4. The average molecular weight is 366 g/mol. The first-order valence-electron chi connectivity index (χ1n) is 9.52. The molecule has 0 spiro atoms. The lowest BCUT2D eigenvalue weighted by Gasteiger charge is -2.38. The van der Waals surface area contributed by atoms with Crippen LogP contribution >= 0.6 is 0 Å². The first kappa shape index (κ1) is 18.6. The highest BCUT2D eigenvalue weighted by molar-refractivity contribution is 5.27. The highest BCUT2D eigenvalue weighted by Gasteiger charge is 2.54. The second kappa shape index (κ2) is 6.12. The highest BCUT2D eigenvalue weighted by atomic mass is 16.7. The van der Waals surface area contributed by atoms with Crippen LogP contribution in [0.5, 0.6) is 0 Å². The molecular weight excluding hydrogens is 336 g/mol. The van der Waals surface area contributed by atoms with Crippen LogP contribution < -0.4 is 0 Å². The normalized spacial score (nSPS) is 46.8. The van der Waals surface area contributed by atoms with Crippen molar-refractivity contribution < 1.29 is 29.5 Å². The van der Waals surface area contributed by atoms with Gasteiger partial charge < -0.3 is 29.5 Å². The van der Waals surface area contributed by atoms with Crippen LogP contribution in [0.2, 0.25) is 0 Å². The molecule has 6 nitrogen and oxygen atoms in total. The van der Waals surface area contributed by atoms with Crippen molar-refractivity contribution in [3.05, 3.63) is 23.8 Å². The van der Waals surface area contributed by atoms with Gasteiger partial charge in [-0.15, -0.1) is 0 Å². The number of hydrogen-bond donors (Lipinski definition) is 3. The van der Waals surface area contributed by atoms with Gasteiger partial charge in [0.15, 0.2) is 6.29 Å². The van der Waals surface area contributed by atoms with E-state index in [1.807, 2.05) is 13.0 Å². The van der Waals surface area contributed by atoms with Crippen molar-refractivity contribution in [1.82, 2.24) is 0 Å². The van der Waals surface area contributed by atoms with Gasteiger partial charge in [-0.25, -0.2) is 0 Å². The highest BCUT2D eigenvalue weighted by Crippen LogP contribution is 2.49. The molecule has 1 saturated carbocycles. The van der Waals surface area contributed by atoms with Gasteiger partial charge in [-0.05, 0) is 57.6 Å². The zero-order valence-electron chi connectivity index (χ0n) is 15.7. The lowest BCUT2D eigenvalue weighted by Crippen LogP contribution is -2.45. The standard InChI is InChI=1S/C20H30O6/c1-10-7-15-17(25-15)20(4,23)6-5-11-12-8-14(16(21)19(2,3)22)26-18(12)24-9-13(10)11/h8,11,13-18,21-23H,1,5-7,9H2,2-4H3/t11-,13+,14-,15-,16-,17-,18+,20+/m1/s1. The summed E-state index contributed by atoms with van der Waals surface area (Å²) in [5.74, 6) is 0.308. The maximum absolute atomic E-state index is 10.8. The van der Waals surface area contributed by atoms with Crippen LogP contribution in [0.1, 0.15) is 40.0 Å². The topological polar surface area (TPSA) is 91.7 Å². The van der Waals surface area contributed by atoms with Crippen LogP contribution in [-0.2, 0) is 14.2 Å². The minimum absolute atomic E-state index is 0.0486. The van der Waals surface area contributed by atoms with Gasteiger partial charge in [0.2, 0.25) is 0 Å². The smallest absolute Gasteiger partial charge is 0.181 e. The van der Waals surface area contributed by atoms with Crippen molar-refractivity contribution in [2.75, 3.05) is 6.61 Å². The second-order valence-electron chi connectivity index (χ2n) is 9.10. The lowest BCUT2D eigenvalue weighted by molar-refractivity contribution is -0.188. The molecule has 146 valence electrons. The van der Waals surface area contributed by atoms with E-state index >= 15 is 0 Å². The lowest BCUT2D eigenvalue weighted by atomic mass is 9.75. The van der Waals surface area contributed by atoms with Crippen molar-refractivity contribution in [2.45, 2.75) is 81.9 Å². The molecule has 0 radical (unpaired) electrons. The quantitative estimate of drug-likeness (QED) is 0.504. The molecule has 0 unspecified atom stereocenters. The number of hydrogen-bond acceptors (Lipinski definition) is 6. The molecule has 0 amide bonds. The third-order valence-electron chi connectivity index (χ3n) is 6.43. The Bertz CT molecular complexity index is 618. The van der Waals surface area contributed by atoms with E-state index in [-0.39, 0.29) is 24.0 Å². The van der Waals surface area contributed by atoms with Gasteiger partial charge in [0.25, 0.3) is 0 Å². The van der Waals surface area contributed by atoms with E-state index < -0.39 is 29.7 Å². The van der Waals surface area contributed by atoms with Gasteiger partial charge >= 0.3 is 0 Å². The molecular formula is C20H30O6. The summed E-state index contributed by atoms with van der Waals surface area (Å²) in [6.07, 6.45) is 1.85. The first-order valence-corrected chi connectivity index (χ1v) is 9.52. The fraction of sp³-hybridized carbons (Fsp3) is 0.800. The van der Waals surface area contributed by atoms with Crippen LogP contribution in [0.25, 0.3) is 0 Å². The third kappa shape index (κ3) is 3.17. The molecule has 3 N–H and O–H groups in total. The molecule has 4 rings (SSSR count). The van der Waals surface area contributed by atoms with E-state index in [0.717, 1.165) is 24.0 Å². The molecule has 1 aliphatic carbocycles. The Kier molecular flexibility index (Phi) is 4.38. The molecule has 0 aromatic rings. The van der Waals surface area contributed by atoms with E-state index in [0.29, 0.717) is 13.0 Å². The van der Waals surface area contributed by atoms with Crippen LogP contribution in [0.15, 0.2) is 23.8 Å². The van der Waals surface area contributed by atoms with Crippen LogP contribution in [-0.4, -0.2) is 63.8 Å². The van der Waals surface area contributed by atoms with Gasteiger partial charge in [0.05, 0.1) is 23.9 Å². The maximum atomic E-state index is 10.8. The number of aliphatic hydroxyl groups excluding tert-OH is 1. The summed E-state index contributed by atoms with van der Waals surface area (Å²) < 4.78 is 17.5. The molecule has 26 heavy (non-hydrogen) atoms. The number of ether oxygens (including phenoxy) is 3. The van der Waals surface area contributed by atoms with E-state index in [2.05, 4.69) is 6.58 Å². The van der Waals surface area contributed by atoms with Crippen LogP contribution in [0.4, 0.5) is 0 Å². The fourth-order valence-electron chi connectivity index (χ4n) is 4.68. The van der Waals surface area contributed by atoms with Gasteiger partial charge in [-0.2, -0.15) is 0 Å². The SMILES string of the molecule is C=C1C[C@H]2O[C@H]2[C@@](C)(O)CC[C@@H]2C3=C[C@H]([C@@H](O)C(C)(C)O)O[C@@H]3OC[C@@H]12. The van der Waals surface area contributed by atoms with Gasteiger partial charge in [0, 0.05) is 5.92 Å². The van der Waals surface area contributed by atoms with Crippen LogP contribution in [0, 0.1) is 11.8 Å². The molecule has 3 fully saturated rings. The number of epoxide rings is 1. The zero-order valence-corrected chi connectivity index (χ0v) is 15.7. The van der Waals surface area contributed by atoms with E-state index in [9.17, 15) is 15.3 Å². The Labute approximate surface area is 154 Å². The van der Waals surface area contributed by atoms with Crippen molar-refractivity contribution in [2.24, 2.45) is 11.8 Å². The Morgan fingerprint density at radius 1 is 1.31 bits per heavy atom. The van der Waals surface area contributed by atoms with Crippen LogP contribution in [0.3, 0.4) is 0 Å². The molecule has 2 saturated heterocycles. The van der Waals surface area contributed by atoms with Gasteiger partial charge in [-0.3, -0.25) is 0 Å². The predicted molar refractivity (Wildman–Crippen MR) is 94.3 cm³/mol. The largest absolute Gasteiger partial charge is 0.388 e. The van der Waals surface area contributed by atoms with Gasteiger partial charge in [-0.1, -0.05) is 12.2 Å². The fourth-order valence-corrected chi connectivity index (χ4v) is 4.68. The summed E-state index contributed by atoms with van der Waals surface area (Å²) in [6, 6.07) is 0. The van der Waals surface area contributed by atoms with Gasteiger partial charge in [0.1, 0.15) is 18.3 Å². The summed E-state index contributed by atoms with van der Waals surface area (Å²) in [4.78, 5) is 0. The Morgan fingerprint density at radius 2 is 2.04 bits per heavy atom. The Balaban J connectivity index is 1.60. The van der Waals surface area contributed by atoms with Crippen molar-refractivity contribution in [3.63, 3.8) is 0 Å². The molecule has 0 bridgehead atoms. The summed E-state index contributed by atoms with van der Waals surface area (Å²) in [5, 5.41) is 31.3. The maximum Gasteiger partial charge on any atom is 0.181 e. The summed E-state index contributed by atoms with van der Waals surface area (Å²) in [6.45, 7) is 9.76. The summed E-state index contributed by atoms with van der Waals surface area (Å²) in [5.41, 5.74) is -0.0208. The van der Waals surface area contributed by atoms with E-state index in [1.54, 1.807) is 13.8 Å². The van der Waals surface area contributed by atoms with E-state index in [1.165, 1.54) is 0 Å². The summed E-state index contributed by atoms with van der Waals surface area (Å²) in [7, 11) is 0. The molecule has 0 aromatic carbocycles. The number of rotatable bonds is 2. The van der Waals surface area contributed by atoms with Crippen molar-refractivity contribution >= 4 is 0 Å². The molecule has 6 heteroatoms. The monoisotopic (exact) mass is 366 g/mol. The predicted octanol–water partition coefficient (Wildman–Crippen LogP) is 1.29. The molecule has 0 aromatic heterocycles. The summed E-state index contributed by atoms with van der Waals surface area (Å²) >= 11 is 0. The van der Waals surface area contributed by atoms with Crippen molar-refractivity contribution in [3.8, 4) is 0 Å². The Hall–Kier alpha value is -0.760. The molecule has 8 atom stereocenters. The Morgan fingerprint density at radius 3 is 2.73 bits per heavy atom. The molecule has 3 heterocycles. The minimum Gasteiger partial charge on any atom is -0.388 e. The average Bonchev–Trinajstić information content (AvgIpc) is 3.18. The van der Waals surface area contributed by atoms with E-state index in [4.69, 9.17) is 14.2 Å². The first-order chi connectivity index (χ1) is 12.1.